The van der Waals surface area contributed by atoms with Crippen LogP contribution >= 0.6 is 0 Å². The monoisotopic (exact) mass is 394 g/mol. The van der Waals surface area contributed by atoms with Gasteiger partial charge in [-0.3, -0.25) is 9.80 Å². The van der Waals surface area contributed by atoms with Crippen molar-refractivity contribution in [3.63, 3.8) is 0 Å². The van der Waals surface area contributed by atoms with Crippen LogP contribution in [0.5, 0.6) is 0 Å². The van der Waals surface area contributed by atoms with Crippen LogP contribution in [0.3, 0.4) is 0 Å². The Balaban J connectivity index is 2.76. The van der Waals surface area contributed by atoms with Crippen molar-refractivity contribution in [1.29, 1.82) is 0 Å². The van der Waals surface area contributed by atoms with Gasteiger partial charge in [0.1, 0.15) is 0 Å². The third kappa shape index (κ3) is 5.97. The molecule has 1 rings (SSSR count). The summed E-state index contributed by atoms with van der Waals surface area (Å²) in [5, 5.41) is 0. The summed E-state index contributed by atoms with van der Waals surface area (Å²) in [5.41, 5.74) is 1.37. The zero-order valence-electron chi connectivity index (χ0n) is 21.7. The first kappa shape index (κ1) is 26.0. The van der Waals surface area contributed by atoms with Crippen LogP contribution in [-0.4, -0.2) is 47.1 Å². The highest BCUT2D eigenvalue weighted by Crippen LogP contribution is 2.42. The summed E-state index contributed by atoms with van der Waals surface area (Å²) >= 11 is 0. The Morgan fingerprint density at radius 3 is 1.61 bits per heavy atom. The van der Waals surface area contributed by atoms with Gasteiger partial charge in [0.15, 0.2) is 0 Å². The normalized spacial score (nSPS) is 22.7. The van der Waals surface area contributed by atoms with Gasteiger partial charge in [0.25, 0.3) is 0 Å². The minimum absolute atomic E-state index is 0.254. The maximum absolute atomic E-state index is 2.78. The maximum atomic E-state index is 2.78. The minimum atomic E-state index is 0.254. The fourth-order valence-corrected chi connectivity index (χ4v) is 5.69. The Kier molecular flexibility index (Phi) is 8.69. The highest BCUT2D eigenvalue weighted by Gasteiger charge is 2.42. The quantitative estimate of drug-likeness (QED) is 0.412. The van der Waals surface area contributed by atoms with E-state index < -0.39 is 0 Å². The van der Waals surface area contributed by atoms with Crippen molar-refractivity contribution >= 4 is 0 Å². The Bertz CT molecular complexity index is 465. The van der Waals surface area contributed by atoms with Gasteiger partial charge in [-0.15, -0.1) is 0 Å². The van der Waals surface area contributed by atoms with Gasteiger partial charge in [0.05, 0.1) is 0 Å². The first-order valence-corrected chi connectivity index (χ1v) is 12.1. The van der Waals surface area contributed by atoms with E-state index in [0.717, 1.165) is 5.92 Å². The highest BCUT2D eigenvalue weighted by molar-refractivity contribution is 4.96. The fourth-order valence-electron chi connectivity index (χ4n) is 5.69. The second-order valence-corrected chi connectivity index (χ2v) is 12.4. The molecule has 0 spiro atoms. The van der Waals surface area contributed by atoms with Crippen LogP contribution < -0.4 is 0 Å². The van der Waals surface area contributed by atoms with Crippen LogP contribution in [0.2, 0.25) is 0 Å². The zero-order valence-corrected chi connectivity index (χ0v) is 21.7. The lowest BCUT2D eigenvalue weighted by atomic mass is 9.68. The lowest BCUT2D eigenvalue weighted by molar-refractivity contribution is -0.0414. The molecule has 0 saturated carbocycles. The van der Waals surface area contributed by atoms with E-state index in [-0.39, 0.29) is 11.1 Å². The predicted molar refractivity (Wildman–Crippen MR) is 127 cm³/mol. The number of hydrogen-bond donors (Lipinski definition) is 0. The molecule has 1 aliphatic heterocycles. The third-order valence-electron chi connectivity index (χ3n) is 8.93. The van der Waals surface area contributed by atoms with Crippen molar-refractivity contribution in [2.24, 2.45) is 22.7 Å². The molecule has 1 aliphatic rings. The standard InChI is InChI=1S/C26H54N2/c1-13-15-26(12,14-2)21(3)20-24(8,9)27-16-18-28(19-17-27)25(10,11)22(4)23(5,6)7/h21-22H,13-20H2,1-12H3. The van der Waals surface area contributed by atoms with Gasteiger partial charge >= 0.3 is 0 Å². The highest BCUT2D eigenvalue weighted by atomic mass is 15.3. The summed E-state index contributed by atoms with van der Waals surface area (Å²) in [6.07, 6.45) is 5.26. The Labute approximate surface area is 178 Å². The van der Waals surface area contributed by atoms with E-state index in [1.807, 2.05) is 0 Å². The van der Waals surface area contributed by atoms with E-state index in [0.29, 0.717) is 16.7 Å². The molecular formula is C26H54N2. The van der Waals surface area contributed by atoms with Gasteiger partial charge < -0.3 is 0 Å². The Morgan fingerprint density at radius 1 is 0.750 bits per heavy atom. The van der Waals surface area contributed by atoms with Gasteiger partial charge in [0.2, 0.25) is 0 Å². The molecule has 1 saturated heterocycles. The molecular weight excluding hydrogens is 340 g/mol. The summed E-state index contributed by atoms with van der Waals surface area (Å²) in [5.74, 6) is 1.43. The molecule has 3 unspecified atom stereocenters. The average Bonchev–Trinajstić information content (AvgIpc) is 2.60. The van der Waals surface area contributed by atoms with Crippen LogP contribution in [0.4, 0.5) is 0 Å². The molecule has 0 aromatic heterocycles. The molecule has 0 aromatic carbocycles. The minimum Gasteiger partial charge on any atom is -0.296 e. The molecule has 0 radical (unpaired) electrons. The van der Waals surface area contributed by atoms with E-state index in [1.165, 1.54) is 51.9 Å². The van der Waals surface area contributed by atoms with Crippen LogP contribution in [0, 0.1) is 22.7 Å². The van der Waals surface area contributed by atoms with Crippen molar-refractivity contribution in [1.82, 2.24) is 9.80 Å². The van der Waals surface area contributed by atoms with E-state index in [1.54, 1.807) is 0 Å². The molecule has 0 N–H and O–H groups in total. The lowest BCUT2D eigenvalue weighted by Crippen LogP contribution is -2.62. The van der Waals surface area contributed by atoms with Crippen molar-refractivity contribution in [3.05, 3.63) is 0 Å². The molecule has 2 nitrogen and oxygen atoms in total. The van der Waals surface area contributed by atoms with Crippen LogP contribution in [0.1, 0.15) is 109 Å². The molecule has 1 fully saturated rings. The topological polar surface area (TPSA) is 6.48 Å². The molecule has 0 amide bonds. The van der Waals surface area contributed by atoms with E-state index in [4.69, 9.17) is 0 Å². The molecule has 0 bridgehead atoms. The molecule has 3 atom stereocenters. The SMILES string of the molecule is CCCC(C)(CC)C(C)CC(C)(C)N1CCN(C(C)(C)C(C)C(C)(C)C)CC1. The van der Waals surface area contributed by atoms with Gasteiger partial charge in [-0.25, -0.2) is 0 Å². The summed E-state index contributed by atoms with van der Waals surface area (Å²) in [4.78, 5) is 5.53. The number of nitrogens with zero attached hydrogens (tertiary/aromatic N) is 2. The van der Waals surface area contributed by atoms with Crippen LogP contribution in [0.15, 0.2) is 0 Å². The zero-order chi connectivity index (χ0) is 22.0. The van der Waals surface area contributed by atoms with Crippen LogP contribution in [0.25, 0.3) is 0 Å². The number of hydrogen-bond acceptors (Lipinski definition) is 2. The number of rotatable bonds is 9. The predicted octanol–water partition coefficient (Wildman–Crippen LogP) is 7.09. The van der Waals surface area contributed by atoms with Crippen molar-refractivity contribution in [2.75, 3.05) is 26.2 Å². The van der Waals surface area contributed by atoms with E-state index in [2.05, 4.69) is 92.9 Å². The first-order chi connectivity index (χ1) is 12.6. The molecule has 2 heteroatoms. The second kappa shape index (κ2) is 9.38. The smallest absolute Gasteiger partial charge is 0.0184 e. The molecule has 168 valence electrons. The summed E-state index contributed by atoms with van der Waals surface area (Å²) in [6, 6.07) is 0. The first-order valence-electron chi connectivity index (χ1n) is 12.1. The average molecular weight is 395 g/mol. The van der Waals surface area contributed by atoms with Gasteiger partial charge in [0, 0.05) is 37.3 Å². The van der Waals surface area contributed by atoms with Gasteiger partial charge in [-0.2, -0.15) is 0 Å². The van der Waals surface area contributed by atoms with Gasteiger partial charge in [-0.05, 0) is 63.2 Å². The molecule has 0 aliphatic carbocycles. The van der Waals surface area contributed by atoms with E-state index >= 15 is 0 Å². The Morgan fingerprint density at radius 2 is 1.21 bits per heavy atom. The lowest BCUT2D eigenvalue weighted by Gasteiger charge is -2.53. The molecule has 0 aromatic rings. The third-order valence-corrected chi connectivity index (χ3v) is 8.93. The van der Waals surface area contributed by atoms with E-state index in [9.17, 15) is 0 Å². The van der Waals surface area contributed by atoms with Crippen LogP contribution in [-0.2, 0) is 0 Å². The fraction of sp³-hybridized carbons (Fsp3) is 1.00. The number of piperazine rings is 1. The Hall–Kier alpha value is -0.0800. The summed E-state index contributed by atoms with van der Waals surface area (Å²) in [6.45, 7) is 34.1. The molecule has 1 heterocycles. The summed E-state index contributed by atoms with van der Waals surface area (Å²) in [7, 11) is 0. The van der Waals surface area contributed by atoms with Gasteiger partial charge in [-0.1, -0.05) is 68.2 Å². The van der Waals surface area contributed by atoms with Crippen molar-refractivity contribution < 1.29 is 0 Å². The van der Waals surface area contributed by atoms with Crippen molar-refractivity contribution in [2.45, 2.75) is 120 Å². The maximum Gasteiger partial charge on any atom is 0.0184 e. The second-order valence-electron chi connectivity index (χ2n) is 12.4. The van der Waals surface area contributed by atoms with Crippen molar-refractivity contribution in [3.8, 4) is 0 Å². The molecule has 28 heavy (non-hydrogen) atoms. The summed E-state index contributed by atoms with van der Waals surface area (Å²) < 4.78 is 0. The largest absolute Gasteiger partial charge is 0.296 e.